The molecule has 1 aromatic rings. The molecule has 2 N–H and O–H groups in total. The van der Waals surface area contributed by atoms with Gasteiger partial charge in [0.15, 0.2) is 0 Å². The first-order valence-electron chi connectivity index (χ1n) is 9.48. The van der Waals surface area contributed by atoms with Crippen LogP contribution in [0.15, 0.2) is 30.3 Å². The van der Waals surface area contributed by atoms with Crippen molar-refractivity contribution in [3.05, 3.63) is 35.9 Å². The summed E-state index contributed by atoms with van der Waals surface area (Å²) >= 11 is 0. The number of hydrogen-bond acceptors (Lipinski definition) is 3. The van der Waals surface area contributed by atoms with Crippen molar-refractivity contribution in [2.24, 2.45) is 0 Å². The first kappa shape index (κ1) is 19.2. The second-order valence-electron chi connectivity index (χ2n) is 7.58. The number of piperidine rings is 1. The maximum atomic E-state index is 12.6. The zero-order chi connectivity index (χ0) is 18.6. The van der Waals surface area contributed by atoms with E-state index in [-0.39, 0.29) is 18.1 Å². The number of nitrogens with zero attached hydrogens (tertiary/aromatic N) is 1. The number of nitrogens with one attached hydrogen (secondary N) is 2. The zero-order valence-corrected chi connectivity index (χ0v) is 16.2. The van der Waals surface area contributed by atoms with E-state index in [0.717, 1.165) is 44.8 Å². The molecule has 1 heterocycles. The van der Waals surface area contributed by atoms with E-state index in [2.05, 4.69) is 34.3 Å². The van der Waals surface area contributed by atoms with Gasteiger partial charge in [-0.2, -0.15) is 0 Å². The summed E-state index contributed by atoms with van der Waals surface area (Å²) < 4.78 is 25.4. The summed E-state index contributed by atoms with van der Waals surface area (Å²) in [6.07, 6.45) is 6.92. The highest BCUT2D eigenvalue weighted by atomic mass is 32.2. The molecule has 2 aliphatic rings. The third-order valence-electron chi connectivity index (χ3n) is 5.42. The minimum Gasteiger partial charge on any atom is -0.335 e. The molecule has 1 aromatic carbocycles. The van der Waals surface area contributed by atoms with Crippen LogP contribution in [0, 0.1) is 0 Å². The highest BCUT2D eigenvalue weighted by Gasteiger charge is 2.28. The standard InChI is InChI=1S/C19H29N3O3S/c1-26(24,25)21-18-8-5-13-22(14-18)19(23)20-17-11-9-16(10-12-17)15-6-3-2-4-7-15/h2-4,6-7,16-18,21H,5,8-14H2,1H3,(H,20,23). The van der Waals surface area contributed by atoms with Crippen LogP contribution in [-0.2, 0) is 10.0 Å². The monoisotopic (exact) mass is 379 g/mol. The van der Waals surface area contributed by atoms with Gasteiger partial charge in [0.1, 0.15) is 0 Å². The van der Waals surface area contributed by atoms with Crippen LogP contribution < -0.4 is 10.0 Å². The van der Waals surface area contributed by atoms with Crippen LogP contribution in [0.5, 0.6) is 0 Å². The van der Waals surface area contributed by atoms with Gasteiger partial charge < -0.3 is 10.2 Å². The molecular formula is C19H29N3O3S. The van der Waals surface area contributed by atoms with Crippen molar-refractivity contribution >= 4 is 16.1 Å². The van der Waals surface area contributed by atoms with Crippen molar-refractivity contribution in [1.29, 1.82) is 0 Å². The molecule has 1 aliphatic carbocycles. The van der Waals surface area contributed by atoms with Gasteiger partial charge >= 0.3 is 6.03 Å². The molecule has 26 heavy (non-hydrogen) atoms. The number of carbonyl (C=O) groups is 1. The number of rotatable bonds is 4. The van der Waals surface area contributed by atoms with Gasteiger partial charge in [0.25, 0.3) is 0 Å². The normalized spacial score (nSPS) is 27.1. The Kier molecular flexibility index (Phi) is 6.19. The van der Waals surface area contributed by atoms with Gasteiger partial charge in [0.2, 0.25) is 10.0 Å². The van der Waals surface area contributed by atoms with E-state index in [1.165, 1.54) is 5.56 Å². The maximum Gasteiger partial charge on any atom is 0.317 e. The molecule has 0 bridgehead atoms. The Morgan fingerprint density at radius 3 is 2.38 bits per heavy atom. The van der Waals surface area contributed by atoms with Crippen molar-refractivity contribution in [2.75, 3.05) is 19.3 Å². The third-order valence-corrected chi connectivity index (χ3v) is 6.18. The van der Waals surface area contributed by atoms with Crippen molar-refractivity contribution in [3.63, 3.8) is 0 Å². The summed E-state index contributed by atoms with van der Waals surface area (Å²) in [4.78, 5) is 14.3. The number of likely N-dealkylation sites (tertiary alicyclic amines) is 1. The highest BCUT2D eigenvalue weighted by molar-refractivity contribution is 7.88. The molecule has 7 heteroatoms. The molecule has 1 saturated carbocycles. The summed E-state index contributed by atoms with van der Waals surface area (Å²) in [6, 6.07) is 10.6. The minimum absolute atomic E-state index is 0.0619. The summed E-state index contributed by atoms with van der Waals surface area (Å²) in [6.45, 7) is 1.13. The van der Waals surface area contributed by atoms with Crippen LogP contribution in [-0.4, -0.2) is 50.8 Å². The smallest absolute Gasteiger partial charge is 0.317 e. The summed E-state index contributed by atoms with van der Waals surface area (Å²) in [7, 11) is -3.24. The Morgan fingerprint density at radius 2 is 1.73 bits per heavy atom. The second-order valence-corrected chi connectivity index (χ2v) is 9.36. The Balaban J connectivity index is 1.46. The lowest BCUT2D eigenvalue weighted by molar-refractivity contribution is 0.170. The summed E-state index contributed by atoms with van der Waals surface area (Å²) in [5, 5.41) is 3.15. The van der Waals surface area contributed by atoms with E-state index in [4.69, 9.17) is 0 Å². The molecule has 0 aromatic heterocycles. The molecule has 2 fully saturated rings. The first-order valence-corrected chi connectivity index (χ1v) is 11.4. The number of hydrogen-bond donors (Lipinski definition) is 2. The number of benzene rings is 1. The summed E-state index contributed by atoms with van der Waals surface area (Å²) in [5.41, 5.74) is 1.39. The largest absolute Gasteiger partial charge is 0.335 e. The lowest BCUT2D eigenvalue weighted by atomic mass is 9.82. The third kappa shape index (κ3) is 5.45. The molecule has 0 spiro atoms. The fraction of sp³-hybridized carbons (Fsp3) is 0.632. The fourth-order valence-electron chi connectivity index (χ4n) is 4.12. The Hall–Kier alpha value is -1.60. The number of urea groups is 1. The number of sulfonamides is 1. The molecule has 1 aliphatic heterocycles. The van der Waals surface area contributed by atoms with Crippen LogP contribution >= 0.6 is 0 Å². The van der Waals surface area contributed by atoms with Gasteiger partial charge in [-0.05, 0) is 50.0 Å². The molecule has 1 atom stereocenters. The van der Waals surface area contributed by atoms with E-state index >= 15 is 0 Å². The quantitative estimate of drug-likeness (QED) is 0.843. The molecule has 0 radical (unpaired) electrons. The number of carbonyl (C=O) groups excluding carboxylic acids is 1. The van der Waals surface area contributed by atoms with Crippen molar-refractivity contribution in [1.82, 2.24) is 14.9 Å². The molecular weight excluding hydrogens is 350 g/mol. The highest BCUT2D eigenvalue weighted by Crippen LogP contribution is 2.32. The van der Waals surface area contributed by atoms with Gasteiger partial charge in [-0.1, -0.05) is 30.3 Å². The van der Waals surface area contributed by atoms with Gasteiger partial charge in [0, 0.05) is 25.2 Å². The first-order chi connectivity index (χ1) is 12.4. The lowest BCUT2D eigenvalue weighted by Crippen LogP contribution is -2.53. The Morgan fingerprint density at radius 1 is 1.04 bits per heavy atom. The maximum absolute atomic E-state index is 12.6. The second kappa shape index (κ2) is 8.39. The Bertz CT molecular complexity index is 700. The molecule has 1 unspecified atom stereocenters. The summed E-state index contributed by atoms with van der Waals surface area (Å²) in [5.74, 6) is 0.586. The van der Waals surface area contributed by atoms with Crippen LogP contribution in [0.3, 0.4) is 0 Å². The molecule has 144 valence electrons. The van der Waals surface area contributed by atoms with Crippen molar-refractivity contribution in [3.8, 4) is 0 Å². The van der Waals surface area contributed by atoms with E-state index in [0.29, 0.717) is 19.0 Å². The SMILES string of the molecule is CS(=O)(=O)NC1CCCN(C(=O)NC2CCC(c3ccccc3)CC2)C1. The van der Waals surface area contributed by atoms with Crippen molar-refractivity contribution < 1.29 is 13.2 Å². The molecule has 6 nitrogen and oxygen atoms in total. The van der Waals surface area contributed by atoms with Gasteiger partial charge in [-0.3, -0.25) is 0 Å². The topological polar surface area (TPSA) is 78.5 Å². The average Bonchev–Trinajstić information content (AvgIpc) is 2.62. The molecule has 1 saturated heterocycles. The Labute approximate surface area is 156 Å². The van der Waals surface area contributed by atoms with E-state index in [9.17, 15) is 13.2 Å². The van der Waals surface area contributed by atoms with Crippen LogP contribution in [0.1, 0.15) is 50.0 Å². The lowest BCUT2D eigenvalue weighted by Gasteiger charge is -2.35. The minimum atomic E-state index is -3.24. The van der Waals surface area contributed by atoms with Crippen molar-refractivity contribution in [2.45, 2.75) is 56.5 Å². The van der Waals surface area contributed by atoms with E-state index in [1.54, 1.807) is 4.90 Å². The van der Waals surface area contributed by atoms with Gasteiger partial charge in [-0.25, -0.2) is 17.9 Å². The van der Waals surface area contributed by atoms with Crippen LogP contribution in [0.2, 0.25) is 0 Å². The predicted octanol–water partition coefficient (Wildman–Crippen LogP) is 2.44. The fourth-order valence-corrected chi connectivity index (χ4v) is 4.92. The zero-order valence-electron chi connectivity index (χ0n) is 15.4. The van der Waals surface area contributed by atoms with Crippen LogP contribution in [0.25, 0.3) is 0 Å². The molecule has 2 amide bonds. The van der Waals surface area contributed by atoms with Gasteiger partial charge in [-0.15, -0.1) is 0 Å². The van der Waals surface area contributed by atoms with Gasteiger partial charge in [0.05, 0.1) is 6.26 Å². The van der Waals surface area contributed by atoms with E-state index in [1.807, 2.05) is 6.07 Å². The average molecular weight is 380 g/mol. The number of amides is 2. The molecule has 3 rings (SSSR count). The predicted molar refractivity (Wildman–Crippen MR) is 103 cm³/mol. The van der Waals surface area contributed by atoms with E-state index < -0.39 is 10.0 Å². The van der Waals surface area contributed by atoms with Crippen LogP contribution in [0.4, 0.5) is 4.79 Å².